The van der Waals surface area contributed by atoms with Crippen molar-refractivity contribution in [2.45, 2.75) is 26.8 Å². The van der Waals surface area contributed by atoms with E-state index in [1.807, 2.05) is 32.9 Å². The number of rotatable bonds is 5. The largest absolute Gasteiger partial charge is 0.368 e. The number of aromatic amines is 1. The maximum Gasteiger partial charge on any atom is 0.256 e. The molecule has 6 heteroatoms. The van der Waals surface area contributed by atoms with Crippen LogP contribution in [0.3, 0.4) is 0 Å². The molecule has 0 radical (unpaired) electrons. The molecule has 0 spiro atoms. The first kappa shape index (κ1) is 15.3. The minimum Gasteiger partial charge on any atom is -0.368 e. The molecule has 0 fully saturated rings. The molecule has 0 bridgehead atoms. The monoisotopic (exact) mass is 305 g/mol. The van der Waals surface area contributed by atoms with E-state index in [1.165, 1.54) is 9.78 Å². The molecule has 0 saturated carbocycles. The fraction of sp³-hybridized carbons (Fsp3) is 0.333. The van der Waals surface area contributed by atoms with Crippen LogP contribution in [0, 0.1) is 6.92 Å². The van der Waals surface area contributed by atoms with Crippen LogP contribution in [0.2, 0.25) is 0 Å². The molecule has 2 aromatic heterocycles. The highest BCUT2D eigenvalue weighted by Crippen LogP contribution is 2.31. The van der Waals surface area contributed by atoms with Crippen LogP contribution in [0.4, 0.5) is 0 Å². The van der Waals surface area contributed by atoms with E-state index in [4.69, 9.17) is 5.73 Å². The zero-order valence-electron chi connectivity index (χ0n) is 12.3. The van der Waals surface area contributed by atoms with Crippen LogP contribution in [-0.4, -0.2) is 34.3 Å². The molecule has 21 heavy (non-hydrogen) atoms. The topological polar surface area (TPSA) is 79.2 Å². The third-order valence-corrected chi connectivity index (χ3v) is 4.23. The summed E-state index contributed by atoms with van der Waals surface area (Å²) < 4.78 is 0. The lowest BCUT2D eigenvalue weighted by atomic mass is 10.1. The summed E-state index contributed by atoms with van der Waals surface area (Å²) in [6.45, 7) is 5.67. The van der Waals surface area contributed by atoms with E-state index in [0.29, 0.717) is 5.56 Å². The number of carbonyl (C=O) groups is 2. The minimum absolute atomic E-state index is 0.0788. The predicted molar refractivity (Wildman–Crippen MR) is 84.2 cm³/mol. The number of hydrogen-bond acceptors (Lipinski definition) is 3. The molecule has 0 atom stereocenters. The number of H-pyrrole nitrogens is 1. The smallest absolute Gasteiger partial charge is 0.256 e. The van der Waals surface area contributed by atoms with Crippen LogP contribution in [0.1, 0.15) is 29.1 Å². The van der Waals surface area contributed by atoms with Gasteiger partial charge >= 0.3 is 0 Å². The SMILES string of the molecule is Cc1ccc(-c2c[nH]cc2C(=O)N(CC(N)=O)C(C)C)s1. The van der Waals surface area contributed by atoms with Gasteiger partial charge in [0.15, 0.2) is 0 Å². The first-order valence-electron chi connectivity index (χ1n) is 6.73. The second kappa shape index (κ2) is 6.13. The summed E-state index contributed by atoms with van der Waals surface area (Å²) in [7, 11) is 0. The van der Waals surface area contributed by atoms with Crippen molar-refractivity contribution in [3.63, 3.8) is 0 Å². The Hall–Kier alpha value is -2.08. The van der Waals surface area contributed by atoms with Crippen molar-refractivity contribution in [3.8, 4) is 10.4 Å². The minimum atomic E-state index is -0.513. The number of nitrogens with one attached hydrogen (secondary N) is 1. The van der Waals surface area contributed by atoms with Gasteiger partial charge in [-0.2, -0.15) is 0 Å². The molecule has 5 nitrogen and oxygen atoms in total. The van der Waals surface area contributed by atoms with Crippen LogP contribution in [0.15, 0.2) is 24.5 Å². The van der Waals surface area contributed by atoms with Crippen molar-refractivity contribution < 1.29 is 9.59 Å². The second-order valence-corrected chi connectivity index (χ2v) is 6.47. The fourth-order valence-electron chi connectivity index (χ4n) is 2.14. The number of hydrogen-bond donors (Lipinski definition) is 2. The number of thiophene rings is 1. The summed E-state index contributed by atoms with van der Waals surface area (Å²) in [4.78, 5) is 30.5. The quantitative estimate of drug-likeness (QED) is 0.889. The Labute approximate surface area is 127 Å². The lowest BCUT2D eigenvalue weighted by molar-refractivity contribution is -0.119. The van der Waals surface area contributed by atoms with E-state index in [2.05, 4.69) is 4.98 Å². The highest BCUT2D eigenvalue weighted by molar-refractivity contribution is 7.15. The van der Waals surface area contributed by atoms with Crippen molar-refractivity contribution >= 4 is 23.2 Å². The number of nitrogens with zero attached hydrogens (tertiary/aromatic N) is 1. The number of amides is 2. The van der Waals surface area contributed by atoms with Crippen LogP contribution in [0.25, 0.3) is 10.4 Å². The Morgan fingerprint density at radius 3 is 2.57 bits per heavy atom. The fourth-order valence-corrected chi connectivity index (χ4v) is 3.03. The normalized spacial score (nSPS) is 10.9. The van der Waals surface area contributed by atoms with Crippen LogP contribution in [0.5, 0.6) is 0 Å². The van der Waals surface area contributed by atoms with E-state index in [0.717, 1.165) is 10.4 Å². The van der Waals surface area contributed by atoms with Gasteiger partial charge in [-0.1, -0.05) is 0 Å². The molecule has 0 aromatic carbocycles. The Bertz CT molecular complexity index is 657. The van der Waals surface area contributed by atoms with Crippen LogP contribution in [-0.2, 0) is 4.79 Å². The first-order valence-corrected chi connectivity index (χ1v) is 7.54. The van der Waals surface area contributed by atoms with Crippen LogP contribution >= 0.6 is 11.3 Å². The Kier molecular flexibility index (Phi) is 4.47. The molecule has 2 heterocycles. The second-order valence-electron chi connectivity index (χ2n) is 5.19. The molecule has 0 aliphatic carbocycles. The van der Waals surface area contributed by atoms with Gasteiger partial charge in [0, 0.05) is 33.8 Å². The average molecular weight is 305 g/mol. The molecule has 0 aliphatic heterocycles. The van der Waals surface area contributed by atoms with Crippen molar-refractivity contribution in [2.75, 3.05) is 6.54 Å². The summed E-state index contributed by atoms with van der Waals surface area (Å²) in [5.41, 5.74) is 6.65. The van der Waals surface area contributed by atoms with E-state index in [-0.39, 0.29) is 18.5 Å². The molecule has 2 aromatic rings. The van der Waals surface area contributed by atoms with Crippen molar-refractivity contribution in [3.05, 3.63) is 35.0 Å². The van der Waals surface area contributed by atoms with Gasteiger partial charge in [0.05, 0.1) is 12.1 Å². The van der Waals surface area contributed by atoms with Gasteiger partial charge in [-0.3, -0.25) is 9.59 Å². The maximum atomic E-state index is 12.7. The van der Waals surface area contributed by atoms with Crippen LogP contribution < -0.4 is 5.73 Å². The molecular formula is C15H19N3O2S. The molecular weight excluding hydrogens is 286 g/mol. The molecule has 2 rings (SSSR count). The maximum absolute atomic E-state index is 12.7. The number of aromatic nitrogens is 1. The van der Waals surface area contributed by atoms with E-state index >= 15 is 0 Å². The Morgan fingerprint density at radius 2 is 2.05 bits per heavy atom. The van der Waals surface area contributed by atoms with Gasteiger partial charge in [-0.15, -0.1) is 11.3 Å². The number of primary amides is 1. The Morgan fingerprint density at radius 1 is 1.33 bits per heavy atom. The molecule has 2 amide bonds. The zero-order chi connectivity index (χ0) is 15.6. The van der Waals surface area contributed by atoms with Gasteiger partial charge in [0.1, 0.15) is 0 Å². The first-order chi connectivity index (χ1) is 9.90. The summed E-state index contributed by atoms with van der Waals surface area (Å²) in [6, 6.07) is 3.91. The molecule has 3 N–H and O–H groups in total. The van der Waals surface area contributed by atoms with Gasteiger partial charge in [0.25, 0.3) is 5.91 Å². The van der Waals surface area contributed by atoms with Crippen molar-refractivity contribution in [2.24, 2.45) is 5.73 Å². The zero-order valence-corrected chi connectivity index (χ0v) is 13.2. The lowest BCUT2D eigenvalue weighted by Gasteiger charge is -2.25. The van der Waals surface area contributed by atoms with E-state index in [1.54, 1.807) is 23.7 Å². The van der Waals surface area contributed by atoms with Gasteiger partial charge in [0.2, 0.25) is 5.91 Å². The van der Waals surface area contributed by atoms with Crippen molar-refractivity contribution in [1.29, 1.82) is 0 Å². The lowest BCUT2D eigenvalue weighted by Crippen LogP contribution is -2.42. The molecule has 0 aliphatic rings. The number of aryl methyl sites for hydroxylation is 1. The summed E-state index contributed by atoms with van der Waals surface area (Å²) in [6.07, 6.45) is 3.48. The highest BCUT2D eigenvalue weighted by Gasteiger charge is 2.24. The molecule has 0 unspecified atom stereocenters. The standard InChI is InChI=1S/C15H19N3O2S/c1-9(2)18(8-14(16)19)15(20)12-7-17-6-11(12)13-5-4-10(3)21-13/h4-7,9,17H,8H2,1-3H3,(H2,16,19). The summed E-state index contributed by atoms with van der Waals surface area (Å²) >= 11 is 1.63. The number of nitrogens with two attached hydrogens (primary N) is 1. The van der Waals surface area contributed by atoms with Gasteiger partial charge < -0.3 is 15.6 Å². The highest BCUT2D eigenvalue weighted by atomic mass is 32.1. The Balaban J connectivity index is 2.35. The van der Waals surface area contributed by atoms with Crippen molar-refractivity contribution in [1.82, 2.24) is 9.88 Å². The average Bonchev–Trinajstić information content (AvgIpc) is 3.02. The van der Waals surface area contributed by atoms with E-state index < -0.39 is 5.91 Å². The number of carbonyl (C=O) groups excluding carboxylic acids is 2. The molecule has 0 saturated heterocycles. The van der Waals surface area contributed by atoms with Gasteiger partial charge in [-0.05, 0) is 32.9 Å². The predicted octanol–water partition coefficient (Wildman–Crippen LogP) is 2.39. The molecule has 112 valence electrons. The third-order valence-electron chi connectivity index (χ3n) is 3.19. The summed E-state index contributed by atoms with van der Waals surface area (Å²) in [5, 5.41) is 0. The summed E-state index contributed by atoms with van der Waals surface area (Å²) in [5.74, 6) is -0.702. The van der Waals surface area contributed by atoms with Gasteiger partial charge in [-0.25, -0.2) is 0 Å². The van der Waals surface area contributed by atoms with E-state index in [9.17, 15) is 9.59 Å². The third kappa shape index (κ3) is 3.33.